The number of hydrogen-bond acceptors (Lipinski definition) is 15. The minimum absolute atomic E-state index is 0. The normalized spacial score (nSPS) is 11.0. The predicted molar refractivity (Wildman–Crippen MR) is 245 cm³/mol. The fourth-order valence-corrected chi connectivity index (χ4v) is 5.51. The third-order valence-corrected chi connectivity index (χ3v) is 8.55. The second kappa shape index (κ2) is 27.1. The molecule has 69 heavy (non-hydrogen) atoms. The number of nitrogens with two attached hydrogens (primary N) is 2. The van der Waals surface area contributed by atoms with Gasteiger partial charge in [0.15, 0.2) is 11.9 Å². The lowest BCUT2D eigenvalue weighted by molar-refractivity contribution is -0.145. The average Bonchev–Trinajstić information content (AvgIpc) is 3.25. The molecule has 368 valence electrons. The number of amides is 2. The third-order valence-electron chi connectivity index (χ3n) is 8.55. The van der Waals surface area contributed by atoms with Crippen LogP contribution in [-0.4, -0.2) is 118 Å². The first-order valence-electron chi connectivity index (χ1n) is 19.3. The Hall–Kier alpha value is -8.68. The standard InChI is InChI=1S/C42H42N8O17.2ClH/c43-41(44)47-23-5-1-21(2-6-23)39(61)66-25-9-11-27(35(55)49-29(37(57)58)19-33(51)52)31(17-25)64-15-13-63-14-16-65-32-18-26(67-40(62)22-3-7-24(8-4-22)48-42(45)46)10-12-28(32)36(56)50-30(38(59)60)20-34(53)54;;/h1-12,17-18,29-30H,13-16,19-20H2,(H,49,55)(H,50,56)(H,51,52)(H,53,54)(H,57,58)(H,59,60)(H4,43,44,47)(H4,45,46,48);2*1H/t29-,30-;;/m1../s1. The van der Waals surface area contributed by atoms with Gasteiger partial charge in [0.25, 0.3) is 11.8 Å². The number of carboxylic acids is 4. The van der Waals surface area contributed by atoms with Gasteiger partial charge in [0.2, 0.25) is 0 Å². The molecular weight excluding hydrogens is 959 g/mol. The number of carboxylic acid groups (broad SMARTS) is 4. The van der Waals surface area contributed by atoms with Crippen molar-refractivity contribution < 1.29 is 82.5 Å². The van der Waals surface area contributed by atoms with Crippen LogP contribution in [0.2, 0.25) is 0 Å². The van der Waals surface area contributed by atoms with E-state index in [9.17, 15) is 48.6 Å². The Bertz CT molecular complexity index is 2370. The summed E-state index contributed by atoms with van der Waals surface area (Å²) >= 11 is 0. The summed E-state index contributed by atoms with van der Waals surface area (Å²) in [5.74, 6) is -11.4. The Morgan fingerprint density at radius 3 is 1.17 bits per heavy atom. The lowest BCUT2D eigenvalue weighted by atomic mass is 10.1. The fourth-order valence-electron chi connectivity index (χ4n) is 5.51. The molecule has 0 radical (unpaired) electrons. The SMILES string of the molecule is Cl.Cl.N=C(N)Nc1ccc(C(=O)Oc2ccc(C(=O)N[C@H](CC(=O)O)C(=O)O)c(OCCOCCOc3cc(OC(=O)c4ccc(NC(=N)N)cc4)ccc3C(=O)N[C@H](CC(=O)O)C(=O)O)c2)cc1. The summed E-state index contributed by atoms with van der Waals surface area (Å²) in [7, 11) is 0. The number of anilines is 2. The van der Waals surface area contributed by atoms with Gasteiger partial charge in [-0.05, 0) is 72.8 Å². The second-order valence-electron chi connectivity index (χ2n) is 13.6. The van der Waals surface area contributed by atoms with Crippen LogP contribution in [0.15, 0.2) is 84.9 Å². The number of hydrogen-bond donors (Lipinski definition) is 12. The molecule has 2 amide bonds. The van der Waals surface area contributed by atoms with Gasteiger partial charge < -0.3 is 76.8 Å². The Balaban J connectivity index is 0.00000817. The molecule has 0 fully saturated rings. The predicted octanol–water partition coefficient (Wildman–Crippen LogP) is 2.37. The van der Waals surface area contributed by atoms with Crippen molar-refractivity contribution in [3.8, 4) is 23.0 Å². The Kier molecular flexibility index (Phi) is 22.2. The zero-order valence-corrected chi connectivity index (χ0v) is 37.2. The minimum atomic E-state index is -1.82. The smallest absolute Gasteiger partial charge is 0.343 e. The molecule has 0 saturated carbocycles. The van der Waals surface area contributed by atoms with Crippen molar-refractivity contribution in [3.05, 3.63) is 107 Å². The van der Waals surface area contributed by atoms with E-state index >= 15 is 0 Å². The zero-order chi connectivity index (χ0) is 49.2. The molecule has 27 heteroatoms. The maximum atomic E-state index is 13.2. The average molecular weight is 1000 g/mol. The van der Waals surface area contributed by atoms with Crippen molar-refractivity contribution >= 4 is 95.7 Å². The molecule has 2 atom stereocenters. The van der Waals surface area contributed by atoms with Crippen molar-refractivity contribution in [1.82, 2.24) is 10.6 Å². The van der Waals surface area contributed by atoms with E-state index in [2.05, 4.69) is 21.3 Å². The molecule has 0 aromatic heterocycles. The van der Waals surface area contributed by atoms with Crippen LogP contribution in [0.1, 0.15) is 54.3 Å². The highest BCUT2D eigenvalue weighted by molar-refractivity contribution is 6.01. The van der Waals surface area contributed by atoms with Gasteiger partial charge in [-0.3, -0.25) is 30.0 Å². The first-order valence-corrected chi connectivity index (χ1v) is 19.3. The summed E-state index contributed by atoms with van der Waals surface area (Å²) < 4.78 is 27.9. The minimum Gasteiger partial charge on any atom is -0.490 e. The Labute approximate surface area is 402 Å². The molecule has 0 aliphatic heterocycles. The third kappa shape index (κ3) is 18.3. The lowest BCUT2D eigenvalue weighted by Gasteiger charge is -2.17. The van der Waals surface area contributed by atoms with Crippen LogP contribution in [0.4, 0.5) is 11.4 Å². The van der Waals surface area contributed by atoms with Gasteiger partial charge in [0, 0.05) is 23.5 Å². The van der Waals surface area contributed by atoms with E-state index in [0.717, 1.165) is 24.3 Å². The van der Waals surface area contributed by atoms with E-state index < -0.39 is 72.6 Å². The van der Waals surface area contributed by atoms with Gasteiger partial charge in [-0.1, -0.05) is 0 Å². The largest absolute Gasteiger partial charge is 0.490 e. The molecule has 0 aliphatic carbocycles. The maximum Gasteiger partial charge on any atom is 0.343 e. The van der Waals surface area contributed by atoms with E-state index in [1.54, 1.807) is 0 Å². The number of halogens is 2. The van der Waals surface area contributed by atoms with Crippen molar-refractivity contribution in [1.29, 1.82) is 10.8 Å². The molecule has 0 spiro atoms. The van der Waals surface area contributed by atoms with Crippen LogP contribution in [0.25, 0.3) is 0 Å². The van der Waals surface area contributed by atoms with Crippen LogP contribution in [0, 0.1) is 10.8 Å². The number of guanidine groups is 2. The van der Waals surface area contributed by atoms with E-state index in [-0.39, 0.29) is 108 Å². The fraction of sp³-hybridized carbons (Fsp3) is 0.190. The van der Waals surface area contributed by atoms with Gasteiger partial charge >= 0.3 is 35.8 Å². The molecule has 14 N–H and O–H groups in total. The first-order chi connectivity index (χ1) is 31.8. The summed E-state index contributed by atoms with van der Waals surface area (Å²) in [5, 5.41) is 61.1. The summed E-state index contributed by atoms with van der Waals surface area (Å²) in [6, 6.07) is 14.8. The highest BCUT2D eigenvalue weighted by Crippen LogP contribution is 2.28. The molecule has 4 rings (SSSR count). The van der Waals surface area contributed by atoms with Crippen molar-refractivity contribution in [3.63, 3.8) is 0 Å². The van der Waals surface area contributed by atoms with Crippen LogP contribution in [-0.2, 0) is 23.9 Å². The van der Waals surface area contributed by atoms with Crippen molar-refractivity contribution in [2.24, 2.45) is 11.5 Å². The van der Waals surface area contributed by atoms with Crippen molar-refractivity contribution in [2.45, 2.75) is 24.9 Å². The molecular formula is C42H44Cl2N8O17. The van der Waals surface area contributed by atoms with Crippen LogP contribution in [0.3, 0.4) is 0 Å². The number of ether oxygens (including phenoxy) is 5. The number of nitrogens with one attached hydrogen (secondary N) is 6. The van der Waals surface area contributed by atoms with Gasteiger partial charge in [0.05, 0.1) is 48.3 Å². The molecule has 0 unspecified atom stereocenters. The number of benzene rings is 4. The van der Waals surface area contributed by atoms with Gasteiger partial charge in [-0.15, -0.1) is 24.8 Å². The van der Waals surface area contributed by atoms with Crippen LogP contribution in [0.5, 0.6) is 23.0 Å². The molecule has 0 bridgehead atoms. The highest BCUT2D eigenvalue weighted by atomic mass is 35.5. The summed E-state index contributed by atoms with van der Waals surface area (Å²) in [4.78, 5) is 98.0. The summed E-state index contributed by atoms with van der Waals surface area (Å²) in [5.41, 5.74) is 11.1. The molecule has 25 nitrogen and oxygen atoms in total. The molecule has 0 saturated heterocycles. The number of carbonyl (C=O) groups is 8. The van der Waals surface area contributed by atoms with E-state index in [1.165, 1.54) is 60.7 Å². The highest BCUT2D eigenvalue weighted by Gasteiger charge is 2.27. The first kappa shape index (κ1) is 56.4. The quantitative estimate of drug-likeness (QED) is 0.0158. The second-order valence-corrected chi connectivity index (χ2v) is 13.6. The number of aliphatic carboxylic acids is 4. The molecule has 4 aromatic rings. The zero-order valence-electron chi connectivity index (χ0n) is 35.5. The number of carbonyl (C=O) groups excluding carboxylic acids is 4. The lowest BCUT2D eigenvalue weighted by Crippen LogP contribution is -2.42. The van der Waals surface area contributed by atoms with Crippen LogP contribution >= 0.6 is 24.8 Å². The Morgan fingerprint density at radius 2 is 0.870 bits per heavy atom. The number of esters is 2. The monoisotopic (exact) mass is 1000 g/mol. The Morgan fingerprint density at radius 1 is 0.522 bits per heavy atom. The van der Waals surface area contributed by atoms with Gasteiger partial charge in [0.1, 0.15) is 48.3 Å². The molecule has 0 aliphatic rings. The topological polar surface area (TPSA) is 411 Å². The summed E-state index contributed by atoms with van der Waals surface area (Å²) in [6.45, 7) is -1.03. The van der Waals surface area contributed by atoms with E-state index in [0.29, 0.717) is 11.4 Å². The molecule has 4 aromatic carbocycles. The molecule has 0 heterocycles. The van der Waals surface area contributed by atoms with Crippen molar-refractivity contribution in [2.75, 3.05) is 37.1 Å². The number of rotatable bonds is 24. The van der Waals surface area contributed by atoms with Gasteiger partial charge in [-0.2, -0.15) is 0 Å². The summed E-state index contributed by atoms with van der Waals surface area (Å²) in [6.07, 6.45) is -1.90. The van der Waals surface area contributed by atoms with E-state index in [1.807, 2.05) is 0 Å². The van der Waals surface area contributed by atoms with E-state index in [4.69, 9.17) is 56.2 Å². The van der Waals surface area contributed by atoms with Crippen LogP contribution < -0.4 is 51.7 Å². The maximum absolute atomic E-state index is 13.2. The van der Waals surface area contributed by atoms with Gasteiger partial charge in [-0.25, -0.2) is 19.2 Å².